The zero-order valence-corrected chi connectivity index (χ0v) is 20.3. The predicted molar refractivity (Wildman–Crippen MR) is 144 cm³/mol. The van der Waals surface area contributed by atoms with Gasteiger partial charge in [-0.2, -0.15) is 0 Å². The number of hydrogen-bond acceptors (Lipinski definition) is 5. The molecule has 0 atom stereocenters. The number of hydrogen-bond donors (Lipinski definition) is 1. The quantitative estimate of drug-likeness (QED) is 0.343. The van der Waals surface area contributed by atoms with Crippen molar-refractivity contribution in [3.8, 4) is 22.5 Å². The van der Waals surface area contributed by atoms with Crippen molar-refractivity contribution >= 4 is 40.0 Å². The molecule has 2 aliphatic carbocycles. The molecule has 2 saturated carbocycles. The van der Waals surface area contributed by atoms with Gasteiger partial charge in [-0.05, 0) is 12.8 Å². The van der Waals surface area contributed by atoms with E-state index < -0.39 is 0 Å². The minimum Gasteiger partial charge on any atom is -1.00 e. The second-order valence-electron chi connectivity index (χ2n) is 8.44. The molecule has 0 unspecified atom stereocenters. The maximum Gasteiger partial charge on any atom is 1.00 e. The first-order chi connectivity index (χ1) is 15.7. The minimum absolute atomic E-state index is 0. The molecule has 0 saturated heterocycles. The molecule has 2 aromatic heterocycles. The number of thiazole rings is 2. The van der Waals surface area contributed by atoms with Crippen LogP contribution in [0.3, 0.4) is 0 Å². The van der Waals surface area contributed by atoms with E-state index in [1.165, 1.54) is 23.4 Å². The molecule has 2 N–H and O–H groups in total. The molecule has 4 aromatic rings. The molecule has 4 nitrogen and oxygen atoms in total. The predicted octanol–water partition coefficient (Wildman–Crippen LogP) is 2.45. The molecule has 0 amide bonds. The topological polar surface area (TPSA) is 56.2 Å². The van der Waals surface area contributed by atoms with E-state index in [1.807, 2.05) is 36.4 Å². The average Bonchev–Trinajstić information content (AvgIpc) is 3.73. The van der Waals surface area contributed by atoms with Crippen molar-refractivity contribution in [1.29, 1.82) is 0 Å². The van der Waals surface area contributed by atoms with Gasteiger partial charge in [0.25, 0.3) is 5.54 Å². The maximum atomic E-state index is 7.21. The van der Waals surface area contributed by atoms with Gasteiger partial charge in [-0.25, -0.2) is 16.5 Å². The van der Waals surface area contributed by atoms with Crippen LogP contribution in [-0.2, 0) is 11.0 Å². The fraction of sp³-hybridized carbons (Fsp3) is 0.269. The molecule has 2 heterocycles. The first kappa shape index (κ1) is 26.9. The summed E-state index contributed by atoms with van der Waals surface area (Å²) in [5.41, 5.74) is 10.2. The molecule has 2 aromatic carbocycles. The van der Waals surface area contributed by atoms with E-state index in [-0.39, 0.29) is 48.6 Å². The van der Waals surface area contributed by atoms with Gasteiger partial charge in [0.15, 0.2) is 22.4 Å². The summed E-state index contributed by atoms with van der Waals surface area (Å²) in [6.45, 7) is 7.94. The Kier molecular flexibility index (Phi) is 8.97. The van der Waals surface area contributed by atoms with Crippen molar-refractivity contribution in [3.05, 3.63) is 92.9 Å². The van der Waals surface area contributed by atoms with Gasteiger partial charge in [-0.1, -0.05) is 60.7 Å². The molecular weight excluding hydrogens is 466 g/mol. The third kappa shape index (κ3) is 5.57. The number of nitrogens with zero attached hydrogens (tertiary/aromatic N) is 3. The van der Waals surface area contributed by atoms with E-state index >= 15 is 0 Å². The van der Waals surface area contributed by atoms with Gasteiger partial charge in [0.1, 0.15) is 5.01 Å². The molecule has 2 fully saturated rings. The standard InChI is InChI=1S/C13H10N2S.C13H14N2S.Al.Li.4H/c1-14-13(7-8-13)12-15-11(9-16-12)10-5-3-2-4-6-10;14-9-13(6-7-13)12-15-11(8-16-12)10-4-2-1-3-5-10;;;;;;/h2-6,9H,7-8H2;1-5,8H,6-7,9,14H2;;;;;;/q;;;+1;;;;-1. The Balaban J connectivity index is 0.000000227. The van der Waals surface area contributed by atoms with Crippen LogP contribution in [0.1, 0.15) is 37.1 Å². The van der Waals surface area contributed by atoms with E-state index in [0.29, 0.717) is 0 Å². The Hall–Kier alpha value is -1.72. The van der Waals surface area contributed by atoms with Crippen molar-refractivity contribution in [2.45, 2.75) is 36.6 Å². The van der Waals surface area contributed by atoms with E-state index in [2.05, 4.69) is 44.9 Å². The minimum atomic E-state index is -0.266. The van der Waals surface area contributed by atoms with Crippen LogP contribution in [0.2, 0.25) is 0 Å². The van der Waals surface area contributed by atoms with Crippen LogP contribution in [0.4, 0.5) is 0 Å². The van der Waals surface area contributed by atoms with Gasteiger partial charge in [0.05, 0.1) is 11.4 Å². The van der Waals surface area contributed by atoms with Crippen molar-refractivity contribution in [3.63, 3.8) is 0 Å². The van der Waals surface area contributed by atoms with Crippen molar-refractivity contribution < 1.29 is 20.3 Å². The number of benzene rings is 2. The molecule has 2 aliphatic rings. The Morgan fingerprint density at radius 2 is 1.29 bits per heavy atom. The molecule has 0 bridgehead atoms. The summed E-state index contributed by atoms with van der Waals surface area (Å²) in [7, 11) is 0. The van der Waals surface area contributed by atoms with E-state index in [0.717, 1.165) is 41.3 Å². The Morgan fingerprint density at radius 1 is 0.824 bits per heavy atom. The van der Waals surface area contributed by atoms with Crippen LogP contribution in [0, 0.1) is 6.57 Å². The zero-order chi connectivity index (χ0) is 22.0. The summed E-state index contributed by atoms with van der Waals surface area (Å²) >= 11 is 3.36. The molecule has 6 rings (SSSR count). The van der Waals surface area contributed by atoms with Gasteiger partial charge in [0, 0.05) is 46.7 Å². The second-order valence-corrected chi connectivity index (χ2v) is 10.2. The van der Waals surface area contributed by atoms with Crippen LogP contribution in [0.15, 0.2) is 71.4 Å². The van der Waals surface area contributed by atoms with E-state index in [9.17, 15) is 0 Å². The monoisotopic (exact) mass is 494 g/mol. The van der Waals surface area contributed by atoms with Crippen molar-refractivity contribution in [1.82, 2.24) is 9.97 Å². The van der Waals surface area contributed by atoms with Crippen molar-refractivity contribution in [2.75, 3.05) is 6.54 Å². The number of aromatic nitrogens is 2. The molecule has 0 spiro atoms. The van der Waals surface area contributed by atoms with Crippen LogP contribution in [0.5, 0.6) is 0 Å². The summed E-state index contributed by atoms with van der Waals surface area (Å²) in [6.07, 6.45) is 4.34. The Bertz CT molecular complexity index is 1250. The molecule has 34 heavy (non-hydrogen) atoms. The maximum absolute atomic E-state index is 7.21. The number of rotatable bonds is 5. The summed E-state index contributed by atoms with van der Waals surface area (Å²) < 4.78 is 0. The van der Waals surface area contributed by atoms with Crippen molar-refractivity contribution in [2.24, 2.45) is 5.73 Å². The fourth-order valence-electron chi connectivity index (χ4n) is 3.64. The first-order valence-electron chi connectivity index (χ1n) is 10.8. The van der Waals surface area contributed by atoms with Crippen LogP contribution >= 0.6 is 22.7 Å². The largest absolute Gasteiger partial charge is 1.00 e. The third-order valence-electron chi connectivity index (χ3n) is 6.18. The summed E-state index contributed by atoms with van der Waals surface area (Å²) in [4.78, 5) is 13.0. The van der Waals surface area contributed by atoms with Crippen LogP contribution in [-0.4, -0.2) is 33.9 Å². The number of nitrogens with two attached hydrogens (primary N) is 1. The van der Waals surface area contributed by atoms with Gasteiger partial charge in [-0.3, -0.25) is 0 Å². The van der Waals surface area contributed by atoms with Gasteiger partial charge < -0.3 is 12.0 Å². The fourth-order valence-corrected chi connectivity index (χ4v) is 5.77. The Labute approximate surface area is 233 Å². The van der Waals surface area contributed by atoms with Gasteiger partial charge in [0.2, 0.25) is 0 Å². The summed E-state index contributed by atoms with van der Waals surface area (Å²) in [5, 5.41) is 6.39. The van der Waals surface area contributed by atoms with Gasteiger partial charge in [-0.15, -0.1) is 22.7 Å². The van der Waals surface area contributed by atoms with Crippen LogP contribution in [0.25, 0.3) is 27.4 Å². The molecule has 168 valence electrons. The molecule has 0 radical (unpaired) electrons. The van der Waals surface area contributed by atoms with E-state index in [4.69, 9.17) is 17.3 Å². The summed E-state index contributed by atoms with van der Waals surface area (Å²) in [6, 6.07) is 20.4. The smallest absolute Gasteiger partial charge is 1.00 e. The normalized spacial score (nSPS) is 16.0. The molecule has 8 heteroatoms. The Morgan fingerprint density at radius 3 is 1.71 bits per heavy atom. The molecule has 0 aliphatic heterocycles. The second kappa shape index (κ2) is 11.3. The van der Waals surface area contributed by atoms with E-state index in [1.54, 1.807) is 22.7 Å². The van der Waals surface area contributed by atoms with Crippen LogP contribution < -0.4 is 24.6 Å². The SMILES string of the molecule is NCC1(c2nc(-c3ccccc3)cs2)CC1.[AlH3].[C-]#[N+]C1(c2nc(-c3ccccc3)cs2)CC1.[H-].[Li+]. The summed E-state index contributed by atoms with van der Waals surface area (Å²) in [5.74, 6) is 0. The van der Waals surface area contributed by atoms with Gasteiger partial charge >= 0.3 is 18.9 Å². The first-order valence-corrected chi connectivity index (χ1v) is 12.6. The molecular formula is C26H28AlLiN4S2. The zero-order valence-electron chi connectivity index (χ0n) is 19.7. The average molecular weight is 495 g/mol. The third-order valence-corrected chi connectivity index (χ3v) is 8.31.